The summed E-state index contributed by atoms with van der Waals surface area (Å²) in [4.78, 5) is 2.33. The number of nitrogens with two attached hydrogens (primary N) is 1. The number of allylic oxidation sites excluding steroid dienone is 2. The smallest absolute Gasteiger partial charge is 0.0981 e. The molecule has 1 atom stereocenters. The van der Waals surface area contributed by atoms with Crippen molar-refractivity contribution in [3.8, 4) is 0 Å². The van der Waals surface area contributed by atoms with E-state index in [-0.39, 0.29) is 0 Å². The van der Waals surface area contributed by atoms with Gasteiger partial charge in [0.05, 0.1) is 6.17 Å². The lowest BCUT2D eigenvalue weighted by Crippen LogP contribution is -2.37. The molecule has 0 aromatic heterocycles. The van der Waals surface area contributed by atoms with Crippen molar-refractivity contribution in [1.29, 1.82) is 0 Å². The molecule has 0 bridgehead atoms. The highest BCUT2D eigenvalue weighted by Gasteiger charge is 2.16. The molecule has 1 aliphatic heterocycles. The van der Waals surface area contributed by atoms with Crippen LogP contribution in [0.3, 0.4) is 0 Å². The van der Waals surface area contributed by atoms with Crippen molar-refractivity contribution in [1.82, 2.24) is 10.2 Å². The van der Waals surface area contributed by atoms with E-state index in [0.29, 0.717) is 6.17 Å². The van der Waals surface area contributed by atoms with Crippen LogP contribution in [0.25, 0.3) is 0 Å². The summed E-state index contributed by atoms with van der Waals surface area (Å²) in [6.07, 6.45) is 29.9. The van der Waals surface area contributed by atoms with Crippen molar-refractivity contribution in [2.45, 2.75) is 109 Å². The van der Waals surface area contributed by atoms with E-state index in [2.05, 4.69) is 41.7 Å². The lowest BCUT2D eigenvalue weighted by molar-refractivity contribution is 0.264. The Labute approximate surface area is 163 Å². The molecule has 0 aliphatic carbocycles. The van der Waals surface area contributed by atoms with E-state index >= 15 is 0 Å². The molecule has 1 unspecified atom stereocenters. The summed E-state index contributed by atoms with van der Waals surface area (Å²) in [6, 6.07) is 0. The summed E-state index contributed by atoms with van der Waals surface area (Å²) < 4.78 is 0. The van der Waals surface area contributed by atoms with Crippen LogP contribution < -0.4 is 11.1 Å². The largest absolute Gasteiger partial charge is 0.370 e. The minimum absolute atomic E-state index is 0.482. The molecule has 0 fully saturated rings. The fraction of sp³-hybridized carbons (Fsp3) is 0.826. The van der Waals surface area contributed by atoms with Crippen molar-refractivity contribution < 1.29 is 0 Å². The zero-order chi connectivity index (χ0) is 18.7. The lowest BCUT2D eigenvalue weighted by Gasteiger charge is -2.25. The normalized spacial score (nSPS) is 16.7. The van der Waals surface area contributed by atoms with Crippen LogP contribution in [0.5, 0.6) is 0 Å². The Morgan fingerprint density at radius 3 is 2.04 bits per heavy atom. The van der Waals surface area contributed by atoms with E-state index in [0.717, 1.165) is 13.1 Å². The van der Waals surface area contributed by atoms with Gasteiger partial charge in [0, 0.05) is 25.5 Å². The van der Waals surface area contributed by atoms with Gasteiger partial charge in [0.1, 0.15) is 0 Å². The molecule has 26 heavy (non-hydrogen) atoms. The summed E-state index contributed by atoms with van der Waals surface area (Å²) >= 11 is 0. The SMILES string of the molecule is CCCCCCCC/C=C/CCCCCCCCC1NC=CN1CCN. The summed E-state index contributed by atoms with van der Waals surface area (Å²) in [5, 5.41) is 3.43. The van der Waals surface area contributed by atoms with Gasteiger partial charge in [-0.05, 0) is 38.5 Å². The Balaban J connectivity index is 1.79. The number of hydrogen-bond acceptors (Lipinski definition) is 3. The minimum Gasteiger partial charge on any atom is -0.370 e. The number of rotatable bonds is 18. The summed E-state index contributed by atoms with van der Waals surface area (Å²) in [5.74, 6) is 0. The Bertz CT molecular complexity index is 351. The van der Waals surface area contributed by atoms with E-state index in [1.54, 1.807) is 0 Å². The molecule has 0 spiro atoms. The van der Waals surface area contributed by atoms with Crippen molar-refractivity contribution in [2.75, 3.05) is 13.1 Å². The number of hydrogen-bond donors (Lipinski definition) is 2. The van der Waals surface area contributed by atoms with Crippen LogP contribution in [0.1, 0.15) is 103 Å². The van der Waals surface area contributed by atoms with E-state index in [1.165, 1.54) is 96.3 Å². The third-order valence-electron chi connectivity index (χ3n) is 5.33. The molecule has 0 aromatic rings. The second kappa shape index (κ2) is 17.5. The van der Waals surface area contributed by atoms with E-state index in [4.69, 9.17) is 5.73 Å². The summed E-state index contributed by atoms with van der Waals surface area (Å²) in [7, 11) is 0. The van der Waals surface area contributed by atoms with Crippen LogP contribution >= 0.6 is 0 Å². The molecular weight excluding hydrogens is 318 g/mol. The van der Waals surface area contributed by atoms with Crippen LogP contribution in [0.4, 0.5) is 0 Å². The van der Waals surface area contributed by atoms with E-state index in [9.17, 15) is 0 Å². The van der Waals surface area contributed by atoms with Crippen LogP contribution in [0, 0.1) is 0 Å². The zero-order valence-corrected chi connectivity index (χ0v) is 17.4. The predicted molar refractivity (Wildman–Crippen MR) is 116 cm³/mol. The molecule has 1 rings (SSSR count). The monoisotopic (exact) mass is 363 g/mol. The van der Waals surface area contributed by atoms with Gasteiger partial charge in [0.25, 0.3) is 0 Å². The maximum absolute atomic E-state index is 5.65. The van der Waals surface area contributed by atoms with Gasteiger partial charge in [0.2, 0.25) is 0 Å². The molecule has 0 saturated carbocycles. The number of nitrogens with zero attached hydrogens (tertiary/aromatic N) is 1. The topological polar surface area (TPSA) is 41.3 Å². The number of nitrogens with one attached hydrogen (secondary N) is 1. The third-order valence-corrected chi connectivity index (χ3v) is 5.33. The van der Waals surface area contributed by atoms with Crippen molar-refractivity contribution in [2.24, 2.45) is 5.73 Å². The van der Waals surface area contributed by atoms with Crippen LogP contribution in [0.15, 0.2) is 24.6 Å². The average molecular weight is 364 g/mol. The highest BCUT2D eigenvalue weighted by Crippen LogP contribution is 2.14. The lowest BCUT2D eigenvalue weighted by atomic mass is 10.1. The van der Waals surface area contributed by atoms with Gasteiger partial charge in [-0.1, -0.05) is 76.9 Å². The molecule has 0 amide bonds. The maximum Gasteiger partial charge on any atom is 0.0981 e. The highest BCUT2D eigenvalue weighted by atomic mass is 15.3. The van der Waals surface area contributed by atoms with Gasteiger partial charge in [-0.2, -0.15) is 0 Å². The van der Waals surface area contributed by atoms with Gasteiger partial charge >= 0.3 is 0 Å². The Morgan fingerprint density at radius 1 is 0.846 bits per heavy atom. The second-order valence-corrected chi connectivity index (χ2v) is 7.75. The Morgan fingerprint density at radius 2 is 1.42 bits per heavy atom. The molecule has 0 radical (unpaired) electrons. The van der Waals surface area contributed by atoms with E-state index < -0.39 is 0 Å². The fourth-order valence-electron chi connectivity index (χ4n) is 3.66. The third kappa shape index (κ3) is 12.4. The van der Waals surface area contributed by atoms with Gasteiger partial charge in [-0.15, -0.1) is 0 Å². The predicted octanol–water partition coefficient (Wildman–Crippen LogP) is 6.08. The van der Waals surface area contributed by atoms with Gasteiger partial charge in [0.15, 0.2) is 0 Å². The standard InChI is InChI=1S/C23H45N3/c1-2-3-4-5-6-7-8-9-10-11-12-13-14-15-16-17-18-23-25-20-22-26(23)21-19-24/h9-10,20,22-23,25H,2-8,11-19,21,24H2,1H3/b10-9+. The first kappa shape index (κ1) is 23.1. The molecule has 3 heteroatoms. The molecule has 0 aromatic carbocycles. The number of unbranched alkanes of at least 4 members (excludes halogenated alkanes) is 12. The Hall–Kier alpha value is -0.960. The van der Waals surface area contributed by atoms with Crippen molar-refractivity contribution >= 4 is 0 Å². The van der Waals surface area contributed by atoms with Crippen molar-refractivity contribution in [3.05, 3.63) is 24.6 Å². The minimum atomic E-state index is 0.482. The van der Waals surface area contributed by atoms with Crippen LogP contribution in [0.2, 0.25) is 0 Å². The first-order chi connectivity index (χ1) is 12.9. The Kier molecular flexibility index (Phi) is 15.5. The van der Waals surface area contributed by atoms with Crippen LogP contribution in [-0.2, 0) is 0 Å². The molecule has 0 saturated heterocycles. The molecular formula is C23H45N3. The average Bonchev–Trinajstić information content (AvgIpc) is 3.09. The van der Waals surface area contributed by atoms with Crippen molar-refractivity contribution in [3.63, 3.8) is 0 Å². The quantitative estimate of drug-likeness (QED) is 0.229. The first-order valence-corrected chi connectivity index (χ1v) is 11.4. The zero-order valence-electron chi connectivity index (χ0n) is 17.4. The van der Waals surface area contributed by atoms with Crippen LogP contribution in [-0.4, -0.2) is 24.2 Å². The molecule has 1 heterocycles. The second-order valence-electron chi connectivity index (χ2n) is 7.75. The van der Waals surface area contributed by atoms with E-state index in [1.807, 2.05) is 0 Å². The fourth-order valence-corrected chi connectivity index (χ4v) is 3.66. The summed E-state index contributed by atoms with van der Waals surface area (Å²) in [6.45, 7) is 3.97. The molecule has 3 N–H and O–H groups in total. The molecule has 1 aliphatic rings. The highest BCUT2D eigenvalue weighted by molar-refractivity contribution is 4.94. The molecule has 3 nitrogen and oxygen atoms in total. The first-order valence-electron chi connectivity index (χ1n) is 11.4. The maximum atomic E-state index is 5.65. The summed E-state index contributed by atoms with van der Waals surface area (Å²) in [5.41, 5.74) is 5.65. The van der Waals surface area contributed by atoms with Gasteiger partial charge in [-0.25, -0.2) is 0 Å². The van der Waals surface area contributed by atoms with Gasteiger partial charge < -0.3 is 16.0 Å². The van der Waals surface area contributed by atoms with Gasteiger partial charge in [-0.3, -0.25) is 0 Å². The molecule has 152 valence electrons.